The number of hydrogen-bond acceptors (Lipinski definition) is 4. The van der Waals surface area contributed by atoms with Gasteiger partial charge in [0.2, 0.25) is 11.8 Å². The molecule has 2 N–H and O–H groups in total. The summed E-state index contributed by atoms with van der Waals surface area (Å²) in [5.41, 5.74) is 0.742. The number of anilines is 1. The molecule has 8 heteroatoms. The van der Waals surface area contributed by atoms with Crippen molar-refractivity contribution in [3.05, 3.63) is 77.9 Å². The molecule has 1 fully saturated rings. The van der Waals surface area contributed by atoms with Crippen LogP contribution < -0.4 is 10.6 Å². The van der Waals surface area contributed by atoms with Crippen LogP contribution in [0.25, 0.3) is 10.8 Å². The summed E-state index contributed by atoms with van der Waals surface area (Å²) < 4.78 is 0. The SMILES string of the molecule is CC(=O)N(C)Cc1cccc(NC(=O)CN2C(=O)NC(C)(c3ccc4ccccc4c3)C2=O)c1. The molecule has 0 saturated carbocycles. The van der Waals surface area contributed by atoms with E-state index in [2.05, 4.69) is 10.6 Å². The number of benzene rings is 3. The van der Waals surface area contributed by atoms with Crippen LogP contribution in [0.3, 0.4) is 0 Å². The third kappa shape index (κ3) is 4.47. The second-order valence-corrected chi connectivity index (χ2v) is 8.63. The number of carbonyl (C=O) groups excluding carboxylic acids is 4. The summed E-state index contributed by atoms with van der Waals surface area (Å²) in [4.78, 5) is 52.5. The van der Waals surface area contributed by atoms with Crippen LogP contribution in [0.1, 0.15) is 25.0 Å². The molecule has 0 aromatic heterocycles. The lowest BCUT2D eigenvalue weighted by atomic mass is 9.90. The van der Waals surface area contributed by atoms with Gasteiger partial charge in [0.25, 0.3) is 5.91 Å². The van der Waals surface area contributed by atoms with Crippen LogP contribution in [-0.4, -0.2) is 47.1 Å². The smallest absolute Gasteiger partial charge is 0.325 e. The maximum absolute atomic E-state index is 13.2. The predicted octanol–water partition coefficient (Wildman–Crippen LogP) is 3.22. The number of hydrogen-bond donors (Lipinski definition) is 2. The van der Waals surface area contributed by atoms with E-state index in [4.69, 9.17) is 0 Å². The lowest BCUT2D eigenvalue weighted by Gasteiger charge is -2.22. The van der Waals surface area contributed by atoms with Gasteiger partial charge in [-0.15, -0.1) is 0 Å². The zero-order valence-corrected chi connectivity index (χ0v) is 19.3. The van der Waals surface area contributed by atoms with Crippen molar-refractivity contribution in [3.8, 4) is 0 Å². The fraction of sp³-hybridized carbons (Fsp3) is 0.231. The first-order valence-electron chi connectivity index (χ1n) is 10.9. The number of nitrogens with one attached hydrogen (secondary N) is 2. The minimum Gasteiger partial charge on any atom is -0.342 e. The number of rotatable bonds is 6. The van der Waals surface area contributed by atoms with E-state index in [0.717, 1.165) is 21.2 Å². The van der Waals surface area contributed by atoms with Crippen molar-refractivity contribution >= 4 is 40.2 Å². The minimum absolute atomic E-state index is 0.0672. The summed E-state index contributed by atoms with van der Waals surface area (Å²) in [7, 11) is 1.69. The number of imide groups is 1. The summed E-state index contributed by atoms with van der Waals surface area (Å²) in [6, 6.07) is 19.8. The van der Waals surface area contributed by atoms with Crippen molar-refractivity contribution in [2.24, 2.45) is 0 Å². The highest BCUT2D eigenvalue weighted by Crippen LogP contribution is 2.31. The van der Waals surface area contributed by atoms with Gasteiger partial charge in [0.1, 0.15) is 12.1 Å². The molecule has 1 aliphatic rings. The molecule has 0 bridgehead atoms. The molecule has 174 valence electrons. The molecule has 0 spiro atoms. The van der Waals surface area contributed by atoms with Crippen LogP contribution in [0.15, 0.2) is 66.7 Å². The monoisotopic (exact) mass is 458 g/mol. The van der Waals surface area contributed by atoms with Gasteiger partial charge in [-0.2, -0.15) is 0 Å². The molecule has 0 radical (unpaired) electrons. The quantitative estimate of drug-likeness (QED) is 0.554. The fourth-order valence-electron chi connectivity index (χ4n) is 4.01. The highest BCUT2D eigenvalue weighted by Gasteiger charge is 2.49. The van der Waals surface area contributed by atoms with Gasteiger partial charge in [-0.3, -0.25) is 19.3 Å². The number of amides is 5. The van der Waals surface area contributed by atoms with E-state index in [-0.39, 0.29) is 5.91 Å². The third-order valence-corrected chi connectivity index (χ3v) is 6.07. The average molecular weight is 459 g/mol. The summed E-state index contributed by atoms with van der Waals surface area (Å²) in [5.74, 6) is -1.05. The van der Waals surface area contributed by atoms with Gasteiger partial charge in [0, 0.05) is 26.2 Å². The molecule has 1 aliphatic heterocycles. The van der Waals surface area contributed by atoms with Gasteiger partial charge >= 0.3 is 6.03 Å². The molecule has 3 aromatic rings. The second-order valence-electron chi connectivity index (χ2n) is 8.63. The Kier molecular flexibility index (Phi) is 6.06. The zero-order chi connectivity index (χ0) is 24.5. The highest BCUT2D eigenvalue weighted by atomic mass is 16.2. The summed E-state index contributed by atoms with van der Waals surface area (Å²) >= 11 is 0. The van der Waals surface area contributed by atoms with Crippen molar-refractivity contribution in [2.45, 2.75) is 25.9 Å². The van der Waals surface area contributed by atoms with Crippen LogP contribution in [0.2, 0.25) is 0 Å². The van der Waals surface area contributed by atoms with Gasteiger partial charge < -0.3 is 15.5 Å². The number of urea groups is 1. The Morgan fingerprint density at radius 2 is 1.74 bits per heavy atom. The van der Waals surface area contributed by atoms with Crippen LogP contribution >= 0.6 is 0 Å². The van der Waals surface area contributed by atoms with Gasteiger partial charge in [0.15, 0.2) is 0 Å². The number of carbonyl (C=O) groups is 4. The topological polar surface area (TPSA) is 98.8 Å². The maximum atomic E-state index is 13.2. The summed E-state index contributed by atoms with van der Waals surface area (Å²) in [5, 5.41) is 7.45. The molecule has 1 saturated heterocycles. The molecule has 4 rings (SSSR count). The van der Waals surface area contributed by atoms with Crippen molar-refractivity contribution < 1.29 is 19.2 Å². The van der Waals surface area contributed by atoms with Crippen LogP contribution in [0.4, 0.5) is 10.5 Å². The molecule has 3 aromatic carbocycles. The first-order valence-corrected chi connectivity index (χ1v) is 10.9. The van der Waals surface area contributed by atoms with Gasteiger partial charge in [-0.1, -0.05) is 48.5 Å². The molecular weight excluding hydrogens is 432 g/mol. The van der Waals surface area contributed by atoms with Crippen molar-refractivity contribution in [3.63, 3.8) is 0 Å². The average Bonchev–Trinajstić information content (AvgIpc) is 3.02. The van der Waals surface area contributed by atoms with E-state index >= 15 is 0 Å². The normalized spacial score (nSPS) is 17.6. The number of nitrogens with zero attached hydrogens (tertiary/aromatic N) is 2. The Morgan fingerprint density at radius 3 is 2.47 bits per heavy atom. The van der Waals surface area contributed by atoms with E-state index in [9.17, 15) is 19.2 Å². The standard InChI is InChI=1S/C26H26N4O4/c1-17(31)29(3)15-18-7-6-10-22(13-18)27-23(32)16-30-24(33)26(2,28-25(30)34)21-12-11-19-8-4-5-9-20(19)14-21/h4-14H,15-16H2,1-3H3,(H,27,32)(H,28,34). The minimum atomic E-state index is -1.27. The Balaban J connectivity index is 1.47. The van der Waals surface area contributed by atoms with E-state index < -0.39 is 29.9 Å². The predicted molar refractivity (Wildman–Crippen MR) is 129 cm³/mol. The molecule has 1 atom stereocenters. The van der Waals surface area contributed by atoms with Crippen LogP contribution in [-0.2, 0) is 26.5 Å². The highest BCUT2D eigenvalue weighted by molar-refractivity contribution is 6.10. The van der Waals surface area contributed by atoms with Crippen molar-refractivity contribution in [1.82, 2.24) is 15.1 Å². The van der Waals surface area contributed by atoms with E-state index in [1.165, 1.54) is 6.92 Å². The fourth-order valence-corrected chi connectivity index (χ4v) is 4.01. The van der Waals surface area contributed by atoms with Gasteiger partial charge in [-0.25, -0.2) is 4.79 Å². The second kappa shape index (κ2) is 8.97. The van der Waals surface area contributed by atoms with Gasteiger partial charge in [-0.05, 0) is 47.0 Å². The maximum Gasteiger partial charge on any atom is 0.325 e. The lowest BCUT2D eigenvalue weighted by molar-refractivity contribution is -0.133. The van der Waals surface area contributed by atoms with E-state index in [0.29, 0.717) is 17.8 Å². The largest absolute Gasteiger partial charge is 0.342 e. The van der Waals surface area contributed by atoms with Gasteiger partial charge in [0.05, 0.1) is 0 Å². The Bertz CT molecular complexity index is 1300. The Labute approximate surface area is 197 Å². The van der Waals surface area contributed by atoms with Crippen LogP contribution in [0.5, 0.6) is 0 Å². The first kappa shape index (κ1) is 23.0. The lowest BCUT2D eigenvalue weighted by Crippen LogP contribution is -2.42. The molecule has 1 heterocycles. The van der Waals surface area contributed by atoms with E-state index in [1.54, 1.807) is 37.1 Å². The third-order valence-electron chi connectivity index (χ3n) is 6.07. The zero-order valence-electron chi connectivity index (χ0n) is 19.3. The van der Waals surface area contributed by atoms with Crippen LogP contribution in [0, 0.1) is 0 Å². The Hall–Kier alpha value is -4.20. The molecule has 1 unspecified atom stereocenters. The first-order chi connectivity index (χ1) is 16.2. The molecule has 34 heavy (non-hydrogen) atoms. The van der Waals surface area contributed by atoms with Crippen molar-refractivity contribution in [1.29, 1.82) is 0 Å². The molecule has 8 nitrogen and oxygen atoms in total. The molecule has 0 aliphatic carbocycles. The number of fused-ring (bicyclic) bond motifs is 1. The van der Waals surface area contributed by atoms with Crippen molar-refractivity contribution in [2.75, 3.05) is 18.9 Å². The van der Waals surface area contributed by atoms with E-state index in [1.807, 2.05) is 48.5 Å². The molecular formula is C26H26N4O4. The summed E-state index contributed by atoms with van der Waals surface area (Å²) in [6.45, 7) is 3.11. The summed E-state index contributed by atoms with van der Waals surface area (Å²) in [6.07, 6.45) is 0. The Morgan fingerprint density at radius 1 is 1.00 bits per heavy atom. The molecule has 5 amide bonds.